The molecule has 6 aliphatic rings. The number of phenols is 1. The molecule has 12 heteroatoms. The number of methoxy groups -OCH3 is 1. The molecule has 3 aromatic rings. The van der Waals surface area contributed by atoms with Gasteiger partial charge in [-0.2, -0.15) is 0 Å². The van der Waals surface area contributed by atoms with E-state index in [1.807, 2.05) is 42.5 Å². The molecule has 0 spiro atoms. The van der Waals surface area contributed by atoms with Gasteiger partial charge in [-0.05, 0) is 79.4 Å². The lowest BCUT2D eigenvalue weighted by atomic mass is 9.57. The first-order chi connectivity index (χ1) is 25.9. The summed E-state index contributed by atoms with van der Waals surface area (Å²) in [4.78, 5) is 64.7. The van der Waals surface area contributed by atoms with Crippen molar-refractivity contribution >= 4 is 46.4 Å². The van der Waals surface area contributed by atoms with Crippen molar-refractivity contribution in [2.75, 3.05) is 79.3 Å². The molecule has 2 aliphatic carbocycles. The quantitative estimate of drug-likeness (QED) is 0.294. The van der Waals surface area contributed by atoms with Crippen LogP contribution in [0.5, 0.6) is 11.5 Å². The second-order valence-electron chi connectivity index (χ2n) is 14.7. The molecule has 0 aromatic heterocycles. The highest BCUT2D eigenvalue weighted by atomic mass is 16.5. The lowest BCUT2D eigenvalue weighted by Gasteiger charge is -2.44. The summed E-state index contributed by atoms with van der Waals surface area (Å²) in [6, 6.07) is 19.9. The van der Waals surface area contributed by atoms with Crippen LogP contribution in [0.25, 0.3) is 0 Å². The molecule has 0 bridgehead atoms. The standard InChI is InChI=1S/C41H42N4O8/c1-51-33-4-2-3-32(46)37(33)35-28-13-14-29-34(40(49)44(38(29)47)26-9-5-24(6-10-26)42-15-19-52-20-16-42)30(28)23-31-36(35)41(50)45(39(31)48)27-11-7-25(8-12-27)43-17-21-53-22-18-43/h2-13,29-31,34-36,46H,14-23H2,1H3. The van der Waals surface area contributed by atoms with Gasteiger partial charge in [0.2, 0.25) is 23.6 Å². The Kier molecular flexibility index (Phi) is 8.46. The van der Waals surface area contributed by atoms with E-state index in [1.165, 1.54) is 16.9 Å². The number of allylic oxidation sites excluding steroid dienone is 2. The fourth-order valence-corrected chi connectivity index (χ4v) is 9.71. The normalized spacial score (nSPS) is 28.5. The molecule has 1 N–H and O–H groups in total. The van der Waals surface area contributed by atoms with Gasteiger partial charge in [0.1, 0.15) is 11.5 Å². The summed E-state index contributed by atoms with van der Waals surface area (Å²) in [7, 11) is 1.51. The second-order valence-corrected chi connectivity index (χ2v) is 14.7. The number of imide groups is 2. The molecule has 4 saturated heterocycles. The van der Waals surface area contributed by atoms with E-state index >= 15 is 0 Å². The fraction of sp³-hybridized carbons (Fsp3) is 0.415. The Morgan fingerprint density at radius 2 is 1.13 bits per heavy atom. The van der Waals surface area contributed by atoms with Gasteiger partial charge in [0.25, 0.3) is 0 Å². The maximum absolute atomic E-state index is 14.6. The number of nitrogens with zero attached hydrogens (tertiary/aromatic N) is 4. The Morgan fingerprint density at radius 3 is 1.68 bits per heavy atom. The van der Waals surface area contributed by atoms with Crippen LogP contribution in [0.2, 0.25) is 0 Å². The predicted molar refractivity (Wildman–Crippen MR) is 196 cm³/mol. The molecule has 9 rings (SSSR count). The number of hydrogen-bond acceptors (Lipinski definition) is 10. The van der Waals surface area contributed by atoms with E-state index in [2.05, 4.69) is 9.80 Å². The second kappa shape index (κ2) is 13.3. The van der Waals surface area contributed by atoms with Gasteiger partial charge in [-0.3, -0.25) is 29.0 Å². The van der Waals surface area contributed by atoms with Crippen LogP contribution in [-0.2, 0) is 28.7 Å². The van der Waals surface area contributed by atoms with Crippen LogP contribution >= 0.6 is 0 Å². The largest absolute Gasteiger partial charge is 0.508 e. The van der Waals surface area contributed by atoms with Gasteiger partial charge in [0.05, 0.1) is 68.6 Å². The van der Waals surface area contributed by atoms with Crippen molar-refractivity contribution in [3.63, 3.8) is 0 Å². The number of carbonyl (C=O) groups is 4. The Balaban J connectivity index is 1.07. The molecule has 274 valence electrons. The Hall–Kier alpha value is -5.20. The van der Waals surface area contributed by atoms with E-state index in [1.54, 1.807) is 30.3 Å². The predicted octanol–water partition coefficient (Wildman–Crippen LogP) is 4.12. The van der Waals surface area contributed by atoms with Crippen molar-refractivity contribution in [2.45, 2.75) is 18.8 Å². The van der Waals surface area contributed by atoms with Gasteiger partial charge < -0.3 is 29.1 Å². The third-order valence-corrected chi connectivity index (χ3v) is 12.2. The first-order valence-electron chi connectivity index (χ1n) is 18.5. The number of fused-ring (bicyclic) bond motifs is 4. The molecular weight excluding hydrogens is 676 g/mol. The number of carbonyl (C=O) groups excluding carboxylic acids is 4. The van der Waals surface area contributed by atoms with Crippen molar-refractivity contribution in [3.05, 3.63) is 83.9 Å². The molecular formula is C41H42N4O8. The number of benzene rings is 3. The van der Waals surface area contributed by atoms with Crippen molar-refractivity contribution in [1.29, 1.82) is 0 Å². The van der Waals surface area contributed by atoms with E-state index in [4.69, 9.17) is 14.2 Å². The zero-order valence-corrected chi connectivity index (χ0v) is 29.6. The molecule has 6 unspecified atom stereocenters. The summed E-state index contributed by atoms with van der Waals surface area (Å²) >= 11 is 0. The van der Waals surface area contributed by atoms with E-state index < -0.39 is 35.5 Å². The average Bonchev–Trinajstić information content (AvgIpc) is 3.61. The van der Waals surface area contributed by atoms with Crippen LogP contribution in [0.4, 0.5) is 22.7 Å². The van der Waals surface area contributed by atoms with Crippen molar-refractivity contribution in [3.8, 4) is 11.5 Å². The van der Waals surface area contributed by atoms with Gasteiger partial charge in [-0.1, -0.05) is 17.7 Å². The van der Waals surface area contributed by atoms with Crippen LogP contribution < -0.4 is 24.3 Å². The molecule has 4 aliphatic heterocycles. The highest BCUT2D eigenvalue weighted by molar-refractivity contribution is 6.24. The van der Waals surface area contributed by atoms with Crippen LogP contribution in [-0.4, -0.2) is 88.5 Å². The fourth-order valence-electron chi connectivity index (χ4n) is 9.71. The molecule has 0 radical (unpaired) electrons. The average molecular weight is 719 g/mol. The number of aromatic hydroxyl groups is 1. The van der Waals surface area contributed by atoms with Gasteiger partial charge in [0, 0.05) is 49.0 Å². The highest BCUT2D eigenvalue weighted by Gasteiger charge is 2.63. The molecule has 12 nitrogen and oxygen atoms in total. The first-order valence-corrected chi connectivity index (χ1v) is 18.5. The summed E-state index contributed by atoms with van der Waals surface area (Å²) in [5.41, 5.74) is 4.18. The Labute approximate surface area is 307 Å². The third kappa shape index (κ3) is 5.41. The van der Waals surface area contributed by atoms with Crippen LogP contribution in [0.3, 0.4) is 0 Å². The minimum absolute atomic E-state index is 0.0545. The number of rotatable bonds is 6. The molecule has 1 saturated carbocycles. The number of ether oxygens (including phenoxy) is 3. The minimum atomic E-state index is -0.835. The molecule has 5 fully saturated rings. The molecule has 4 amide bonds. The number of amides is 4. The zero-order valence-electron chi connectivity index (χ0n) is 29.6. The van der Waals surface area contributed by atoms with Gasteiger partial charge in [-0.15, -0.1) is 0 Å². The summed E-state index contributed by atoms with van der Waals surface area (Å²) in [6.45, 7) is 5.61. The van der Waals surface area contributed by atoms with Gasteiger partial charge >= 0.3 is 0 Å². The lowest BCUT2D eigenvalue weighted by molar-refractivity contribution is -0.126. The van der Waals surface area contributed by atoms with Crippen molar-refractivity contribution < 1.29 is 38.5 Å². The maximum Gasteiger partial charge on any atom is 0.238 e. The van der Waals surface area contributed by atoms with E-state index in [0.717, 1.165) is 43.1 Å². The summed E-state index contributed by atoms with van der Waals surface area (Å²) < 4.78 is 16.7. The molecule has 4 heterocycles. The zero-order chi connectivity index (χ0) is 36.4. The Morgan fingerprint density at radius 1 is 0.623 bits per heavy atom. The monoisotopic (exact) mass is 718 g/mol. The van der Waals surface area contributed by atoms with Crippen LogP contribution in [0.15, 0.2) is 78.4 Å². The molecule has 53 heavy (non-hydrogen) atoms. The van der Waals surface area contributed by atoms with Gasteiger partial charge in [-0.25, -0.2) is 0 Å². The van der Waals surface area contributed by atoms with Crippen molar-refractivity contribution in [1.82, 2.24) is 0 Å². The van der Waals surface area contributed by atoms with Crippen LogP contribution in [0, 0.1) is 29.6 Å². The molecule has 6 atom stereocenters. The lowest BCUT2D eigenvalue weighted by Crippen LogP contribution is -2.43. The SMILES string of the molecule is COc1cccc(O)c1C1C2=CCC3C(=O)N(c4ccc(N5CCOCC5)cc4)C(=O)C3C2CC2C(=O)N(c3ccc(N4CCOCC4)cc3)C(=O)C21. The third-order valence-electron chi connectivity index (χ3n) is 12.2. The van der Waals surface area contributed by atoms with Crippen LogP contribution in [0.1, 0.15) is 24.3 Å². The minimum Gasteiger partial charge on any atom is -0.508 e. The van der Waals surface area contributed by atoms with E-state index in [9.17, 15) is 24.3 Å². The Bertz CT molecular complexity index is 1990. The molecule has 3 aromatic carbocycles. The first kappa shape index (κ1) is 33.6. The van der Waals surface area contributed by atoms with E-state index in [-0.39, 0.29) is 35.8 Å². The number of phenolic OH excluding ortho intramolecular Hbond substituents is 1. The highest BCUT2D eigenvalue weighted by Crippen LogP contribution is 2.60. The topological polar surface area (TPSA) is 129 Å². The van der Waals surface area contributed by atoms with Gasteiger partial charge in [0.15, 0.2) is 0 Å². The maximum atomic E-state index is 14.6. The number of hydrogen-bond donors (Lipinski definition) is 1. The number of morpholine rings is 2. The summed E-state index contributed by atoms with van der Waals surface area (Å²) in [5.74, 6) is -5.09. The van der Waals surface area contributed by atoms with Crippen molar-refractivity contribution in [2.24, 2.45) is 29.6 Å². The summed E-state index contributed by atoms with van der Waals surface area (Å²) in [5, 5.41) is 11.4. The van der Waals surface area contributed by atoms with E-state index in [0.29, 0.717) is 55.5 Å². The number of anilines is 4. The summed E-state index contributed by atoms with van der Waals surface area (Å²) in [6.07, 6.45) is 2.52. The smallest absolute Gasteiger partial charge is 0.238 e.